The van der Waals surface area contributed by atoms with Gasteiger partial charge in [0.05, 0.1) is 0 Å². The largest absolute Gasteiger partial charge is 0.508 e. The Hall–Kier alpha value is -2.53. The molecule has 0 amide bonds. The van der Waals surface area contributed by atoms with E-state index in [1.165, 1.54) is 18.2 Å². The van der Waals surface area contributed by atoms with E-state index in [0.29, 0.717) is 11.1 Å². The van der Waals surface area contributed by atoms with Crippen molar-refractivity contribution in [3.8, 4) is 11.5 Å². The lowest BCUT2D eigenvalue weighted by molar-refractivity contribution is -0.0103. The van der Waals surface area contributed by atoms with Crippen molar-refractivity contribution >= 4 is 5.97 Å². The first kappa shape index (κ1) is 12.5. The maximum atomic E-state index is 11.8. The van der Waals surface area contributed by atoms with Crippen LogP contribution in [-0.2, 0) is 4.74 Å². The van der Waals surface area contributed by atoms with Gasteiger partial charge in [0.25, 0.3) is 0 Å². The second-order valence-corrected chi connectivity index (χ2v) is 4.60. The van der Waals surface area contributed by atoms with Gasteiger partial charge in [-0.05, 0) is 23.8 Å². The highest BCUT2D eigenvalue weighted by Gasteiger charge is 2.38. The molecule has 1 aliphatic heterocycles. The van der Waals surface area contributed by atoms with Crippen molar-refractivity contribution in [3.63, 3.8) is 0 Å². The molecule has 0 aliphatic carbocycles. The predicted molar refractivity (Wildman–Crippen MR) is 69.3 cm³/mol. The van der Waals surface area contributed by atoms with E-state index >= 15 is 0 Å². The molecule has 2 aromatic carbocycles. The Balaban J connectivity index is 1.99. The molecular weight excluding hydrogens is 260 g/mol. The first-order chi connectivity index (χ1) is 9.58. The Labute approximate surface area is 114 Å². The SMILES string of the molecule is O=C1OC(C(O)c2ccc(O)cc2)c2cccc(O)c21. The van der Waals surface area contributed by atoms with Gasteiger partial charge in [-0.15, -0.1) is 0 Å². The van der Waals surface area contributed by atoms with Gasteiger partial charge < -0.3 is 20.1 Å². The number of aliphatic hydroxyl groups excluding tert-OH is 1. The van der Waals surface area contributed by atoms with E-state index in [2.05, 4.69) is 0 Å². The average molecular weight is 272 g/mol. The van der Waals surface area contributed by atoms with Crippen LogP contribution >= 0.6 is 0 Å². The van der Waals surface area contributed by atoms with E-state index in [1.54, 1.807) is 24.3 Å². The van der Waals surface area contributed by atoms with Crippen LogP contribution in [0.4, 0.5) is 0 Å². The number of benzene rings is 2. The van der Waals surface area contributed by atoms with Gasteiger partial charge >= 0.3 is 5.97 Å². The molecule has 102 valence electrons. The van der Waals surface area contributed by atoms with Gasteiger partial charge in [-0.3, -0.25) is 0 Å². The highest BCUT2D eigenvalue weighted by Crippen LogP contribution is 2.42. The van der Waals surface area contributed by atoms with Crippen molar-refractivity contribution in [1.29, 1.82) is 0 Å². The van der Waals surface area contributed by atoms with E-state index in [9.17, 15) is 20.1 Å². The molecule has 20 heavy (non-hydrogen) atoms. The monoisotopic (exact) mass is 272 g/mol. The summed E-state index contributed by atoms with van der Waals surface area (Å²) in [7, 11) is 0. The summed E-state index contributed by atoms with van der Waals surface area (Å²) in [5, 5.41) is 29.3. The summed E-state index contributed by atoms with van der Waals surface area (Å²) >= 11 is 0. The Kier molecular flexibility index (Phi) is 2.84. The fourth-order valence-electron chi connectivity index (χ4n) is 2.34. The highest BCUT2D eigenvalue weighted by molar-refractivity contribution is 5.96. The van der Waals surface area contributed by atoms with Gasteiger partial charge in [0, 0.05) is 5.56 Å². The van der Waals surface area contributed by atoms with Crippen molar-refractivity contribution < 1.29 is 24.9 Å². The molecular formula is C15H12O5. The van der Waals surface area contributed by atoms with Gasteiger partial charge in [-0.25, -0.2) is 4.79 Å². The molecule has 5 nitrogen and oxygen atoms in total. The number of rotatable bonds is 2. The summed E-state index contributed by atoms with van der Waals surface area (Å²) in [6.45, 7) is 0. The second-order valence-electron chi connectivity index (χ2n) is 4.60. The standard InChI is InChI=1S/C15H12O5/c16-9-6-4-8(5-7-9)13(18)14-10-2-1-3-11(17)12(10)15(19)20-14/h1-7,13-14,16-18H. The molecule has 0 saturated heterocycles. The molecule has 3 rings (SSSR count). The average Bonchev–Trinajstić information content (AvgIpc) is 2.77. The molecule has 0 fully saturated rings. The number of fused-ring (bicyclic) bond motifs is 1. The van der Waals surface area contributed by atoms with Crippen molar-refractivity contribution in [2.75, 3.05) is 0 Å². The van der Waals surface area contributed by atoms with Crippen molar-refractivity contribution in [2.24, 2.45) is 0 Å². The molecule has 2 unspecified atom stereocenters. The van der Waals surface area contributed by atoms with E-state index in [1.807, 2.05) is 0 Å². The molecule has 1 heterocycles. The molecule has 3 N–H and O–H groups in total. The van der Waals surface area contributed by atoms with Crippen molar-refractivity contribution in [1.82, 2.24) is 0 Å². The van der Waals surface area contributed by atoms with E-state index < -0.39 is 18.2 Å². The van der Waals surface area contributed by atoms with Crippen LogP contribution in [0.2, 0.25) is 0 Å². The third kappa shape index (κ3) is 1.88. The highest BCUT2D eigenvalue weighted by atomic mass is 16.6. The van der Waals surface area contributed by atoms with E-state index in [-0.39, 0.29) is 17.1 Å². The van der Waals surface area contributed by atoms with Crippen LogP contribution in [0.15, 0.2) is 42.5 Å². The van der Waals surface area contributed by atoms with Crippen LogP contribution in [0, 0.1) is 0 Å². The fraction of sp³-hybridized carbons (Fsp3) is 0.133. The zero-order valence-corrected chi connectivity index (χ0v) is 10.4. The van der Waals surface area contributed by atoms with Crippen molar-refractivity contribution in [2.45, 2.75) is 12.2 Å². The number of ether oxygens (including phenoxy) is 1. The zero-order chi connectivity index (χ0) is 14.3. The number of aromatic hydroxyl groups is 2. The number of hydrogen-bond donors (Lipinski definition) is 3. The zero-order valence-electron chi connectivity index (χ0n) is 10.4. The smallest absolute Gasteiger partial charge is 0.343 e. The predicted octanol–water partition coefficient (Wildman–Crippen LogP) is 2.04. The molecule has 5 heteroatoms. The Morgan fingerprint density at radius 1 is 1.05 bits per heavy atom. The first-order valence-corrected chi connectivity index (χ1v) is 6.08. The molecule has 2 aromatic rings. The van der Waals surface area contributed by atoms with Gasteiger partial charge in [0.2, 0.25) is 0 Å². The van der Waals surface area contributed by atoms with Crippen LogP contribution < -0.4 is 0 Å². The van der Waals surface area contributed by atoms with Gasteiger partial charge in [-0.2, -0.15) is 0 Å². The molecule has 2 atom stereocenters. The lowest BCUT2D eigenvalue weighted by atomic mass is 9.96. The van der Waals surface area contributed by atoms with Crippen LogP contribution in [-0.4, -0.2) is 21.3 Å². The summed E-state index contributed by atoms with van der Waals surface area (Å²) in [5.74, 6) is -0.726. The third-order valence-electron chi connectivity index (χ3n) is 3.34. The quantitative estimate of drug-likeness (QED) is 0.728. The molecule has 0 bridgehead atoms. The second kappa shape index (κ2) is 4.54. The van der Waals surface area contributed by atoms with Gasteiger partial charge in [0.15, 0.2) is 6.10 Å². The number of phenols is 2. The Bertz CT molecular complexity index is 662. The third-order valence-corrected chi connectivity index (χ3v) is 3.34. The van der Waals surface area contributed by atoms with Crippen molar-refractivity contribution in [3.05, 3.63) is 59.2 Å². The normalized spacial score (nSPS) is 18.4. The summed E-state index contributed by atoms with van der Waals surface area (Å²) in [4.78, 5) is 11.8. The maximum absolute atomic E-state index is 11.8. The minimum absolute atomic E-state index is 0.0856. The van der Waals surface area contributed by atoms with Gasteiger partial charge in [0.1, 0.15) is 23.2 Å². The number of hydrogen-bond acceptors (Lipinski definition) is 5. The Morgan fingerprint density at radius 2 is 1.75 bits per heavy atom. The number of cyclic esters (lactones) is 1. The molecule has 0 aromatic heterocycles. The van der Waals surface area contributed by atoms with E-state index in [0.717, 1.165) is 0 Å². The minimum atomic E-state index is -1.07. The maximum Gasteiger partial charge on any atom is 0.343 e. The van der Waals surface area contributed by atoms with Crippen LogP contribution in [0.25, 0.3) is 0 Å². The fourth-order valence-corrected chi connectivity index (χ4v) is 2.34. The topological polar surface area (TPSA) is 87.0 Å². The number of carbonyl (C=O) groups excluding carboxylic acids is 1. The number of aliphatic hydroxyl groups is 1. The molecule has 1 aliphatic rings. The van der Waals surface area contributed by atoms with Gasteiger partial charge in [-0.1, -0.05) is 24.3 Å². The lowest BCUT2D eigenvalue weighted by Crippen LogP contribution is -2.10. The Morgan fingerprint density at radius 3 is 2.45 bits per heavy atom. The van der Waals surface area contributed by atoms with Crippen LogP contribution in [0.1, 0.15) is 33.7 Å². The van der Waals surface area contributed by atoms with Crippen LogP contribution in [0.3, 0.4) is 0 Å². The summed E-state index contributed by atoms with van der Waals surface area (Å²) in [6, 6.07) is 10.6. The number of carbonyl (C=O) groups is 1. The molecule has 0 radical (unpaired) electrons. The number of esters is 1. The number of phenolic OH excluding ortho intramolecular Hbond substituents is 2. The lowest BCUT2D eigenvalue weighted by Gasteiger charge is -2.18. The summed E-state index contributed by atoms with van der Waals surface area (Å²) in [6.07, 6.45) is -1.93. The van der Waals surface area contributed by atoms with E-state index in [4.69, 9.17) is 4.74 Å². The van der Waals surface area contributed by atoms with Crippen LogP contribution in [0.5, 0.6) is 11.5 Å². The molecule has 0 saturated carbocycles. The molecule has 0 spiro atoms. The summed E-state index contributed by atoms with van der Waals surface area (Å²) in [5.41, 5.74) is 1.06. The summed E-state index contributed by atoms with van der Waals surface area (Å²) < 4.78 is 5.15. The first-order valence-electron chi connectivity index (χ1n) is 6.08. The minimum Gasteiger partial charge on any atom is -0.508 e.